The molecule has 1 aromatic rings. The molecule has 1 N–H and O–H groups in total. The van der Waals surface area contributed by atoms with Gasteiger partial charge in [-0.1, -0.05) is 0 Å². The van der Waals surface area contributed by atoms with Gasteiger partial charge in [-0.15, -0.1) is 11.3 Å². The highest BCUT2D eigenvalue weighted by molar-refractivity contribution is 7.09. The van der Waals surface area contributed by atoms with Gasteiger partial charge in [0, 0.05) is 23.5 Å². The van der Waals surface area contributed by atoms with E-state index in [0.29, 0.717) is 18.9 Å². The Labute approximate surface area is 122 Å². The molecule has 1 saturated carbocycles. The minimum atomic E-state index is -0.325. The summed E-state index contributed by atoms with van der Waals surface area (Å²) in [6.45, 7) is 4.40. The Bertz CT molecular complexity index is 538. The van der Waals surface area contributed by atoms with E-state index in [2.05, 4.69) is 10.3 Å². The number of carbonyl (C=O) groups excluding carboxylic acids is 2. The molecule has 5 nitrogen and oxygen atoms in total. The molecule has 0 bridgehead atoms. The van der Waals surface area contributed by atoms with Gasteiger partial charge in [0.25, 0.3) is 0 Å². The van der Waals surface area contributed by atoms with Crippen LogP contribution in [0.25, 0.3) is 0 Å². The van der Waals surface area contributed by atoms with Crippen LogP contribution in [0.4, 0.5) is 0 Å². The molecule has 2 amide bonds. The molecule has 2 unspecified atom stereocenters. The van der Waals surface area contributed by atoms with Crippen LogP contribution >= 0.6 is 11.3 Å². The van der Waals surface area contributed by atoms with Crippen LogP contribution in [0.1, 0.15) is 36.9 Å². The molecular weight excluding hydrogens is 274 g/mol. The number of aromatic nitrogens is 1. The van der Waals surface area contributed by atoms with Crippen molar-refractivity contribution in [3.8, 4) is 0 Å². The smallest absolute Gasteiger partial charge is 0.246 e. The Morgan fingerprint density at radius 2 is 2.20 bits per heavy atom. The van der Waals surface area contributed by atoms with E-state index < -0.39 is 0 Å². The third-order valence-electron chi connectivity index (χ3n) is 3.94. The summed E-state index contributed by atoms with van der Waals surface area (Å²) in [5, 5.41) is 5.82. The molecule has 2 aliphatic rings. The van der Waals surface area contributed by atoms with E-state index in [0.717, 1.165) is 23.5 Å². The Morgan fingerprint density at radius 1 is 1.45 bits per heavy atom. The molecule has 0 aromatic carbocycles. The van der Waals surface area contributed by atoms with Crippen molar-refractivity contribution in [2.45, 2.75) is 51.7 Å². The Balaban J connectivity index is 1.81. The van der Waals surface area contributed by atoms with Crippen molar-refractivity contribution in [2.75, 3.05) is 0 Å². The topological polar surface area (TPSA) is 62.3 Å². The van der Waals surface area contributed by atoms with E-state index in [1.807, 2.05) is 24.1 Å². The Hall–Kier alpha value is -1.43. The largest absolute Gasteiger partial charge is 0.344 e. The predicted molar refractivity (Wildman–Crippen MR) is 76.1 cm³/mol. The highest BCUT2D eigenvalue weighted by atomic mass is 32.1. The van der Waals surface area contributed by atoms with E-state index in [1.165, 1.54) is 0 Å². The Kier molecular flexibility index (Phi) is 3.50. The second-order valence-electron chi connectivity index (χ2n) is 5.78. The first-order chi connectivity index (χ1) is 9.54. The van der Waals surface area contributed by atoms with Crippen molar-refractivity contribution in [3.05, 3.63) is 16.1 Å². The molecule has 0 spiro atoms. The highest BCUT2D eigenvalue weighted by Crippen LogP contribution is 2.35. The van der Waals surface area contributed by atoms with Gasteiger partial charge in [0.05, 0.1) is 6.54 Å². The minimum absolute atomic E-state index is 0.0134. The second kappa shape index (κ2) is 5.16. The minimum Gasteiger partial charge on any atom is -0.344 e. The molecule has 1 aromatic heterocycles. The highest BCUT2D eigenvalue weighted by Gasteiger charge is 2.42. The predicted octanol–water partition coefficient (Wildman–Crippen LogP) is 1.47. The number of aryl methyl sites for hydroxylation is 1. The van der Waals surface area contributed by atoms with Crippen molar-refractivity contribution in [1.82, 2.24) is 15.2 Å². The molecule has 2 atom stereocenters. The molecule has 1 saturated heterocycles. The first-order valence-electron chi connectivity index (χ1n) is 7.05. The zero-order valence-electron chi connectivity index (χ0n) is 11.8. The van der Waals surface area contributed by atoms with Gasteiger partial charge in [-0.2, -0.15) is 0 Å². The lowest BCUT2D eigenvalue weighted by Crippen LogP contribution is -2.47. The van der Waals surface area contributed by atoms with Crippen LogP contribution in [0.2, 0.25) is 0 Å². The lowest BCUT2D eigenvalue weighted by Gasteiger charge is -2.27. The summed E-state index contributed by atoms with van der Waals surface area (Å²) in [5.74, 6) is 0.372. The van der Waals surface area contributed by atoms with Crippen molar-refractivity contribution in [1.29, 1.82) is 0 Å². The molecule has 2 heterocycles. The van der Waals surface area contributed by atoms with Crippen LogP contribution in [0.5, 0.6) is 0 Å². The van der Waals surface area contributed by atoms with Gasteiger partial charge in [-0.3, -0.25) is 9.59 Å². The zero-order chi connectivity index (χ0) is 14.3. The third kappa shape index (κ3) is 2.70. The van der Waals surface area contributed by atoms with Crippen LogP contribution < -0.4 is 5.32 Å². The number of thiazole rings is 1. The summed E-state index contributed by atoms with van der Waals surface area (Å²) in [6.07, 6.45) is 2.45. The van der Waals surface area contributed by atoms with Gasteiger partial charge in [0.1, 0.15) is 11.0 Å². The maximum Gasteiger partial charge on any atom is 0.246 e. The van der Waals surface area contributed by atoms with E-state index in [1.54, 1.807) is 11.3 Å². The summed E-state index contributed by atoms with van der Waals surface area (Å²) in [6, 6.07) is -0.399. The zero-order valence-corrected chi connectivity index (χ0v) is 12.6. The molecule has 3 rings (SSSR count). The maximum absolute atomic E-state index is 12.7. The number of nitrogens with one attached hydrogen (secondary N) is 1. The van der Waals surface area contributed by atoms with Gasteiger partial charge in [-0.25, -0.2) is 4.98 Å². The molecule has 20 heavy (non-hydrogen) atoms. The molecule has 6 heteroatoms. The van der Waals surface area contributed by atoms with Crippen molar-refractivity contribution < 1.29 is 9.59 Å². The molecule has 1 aliphatic heterocycles. The van der Waals surface area contributed by atoms with Crippen LogP contribution in [-0.2, 0) is 16.1 Å². The van der Waals surface area contributed by atoms with Crippen LogP contribution in [-0.4, -0.2) is 33.8 Å². The first-order valence-corrected chi connectivity index (χ1v) is 7.93. The van der Waals surface area contributed by atoms with E-state index in [4.69, 9.17) is 0 Å². The molecular formula is C14H19N3O2S. The fraction of sp³-hybridized carbons (Fsp3) is 0.643. The number of hydrogen-bond donors (Lipinski definition) is 1. The summed E-state index contributed by atoms with van der Waals surface area (Å²) in [4.78, 5) is 30.8. The fourth-order valence-electron chi connectivity index (χ4n) is 2.67. The summed E-state index contributed by atoms with van der Waals surface area (Å²) in [5.41, 5.74) is 0.980. The van der Waals surface area contributed by atoms with Gasteiger partial charge in [-0.05, 0) is 32.6 Å². The van der Waals surface area contributed by atoms with Crippen LogP contribution in [0.15, 0.2) is 5.38 Å². The number of rotatable bonds is 3. The molecule has 2 fully saturated rings. The first kappa shape index (κ1) is 13.5. The van der Waals surface area contributed by atoms with Crippen LogP contribution in [0, 0.1) is 12.8 Å². The van der Waals surface area contributed by atoms with Gasteiger partial charge < -0.3 is 10.2 Å². The lowest BCUT2D eigenvalue weighted by atomic mass is 10.1. The maximum atomic E-state index is 12.7. The lowest BCUT2D eigenvalue weighted by molar-refractivity contribution is -0.136. The van der Waals surface area contributed by atoms with Gasteiger partial charge in [0.15, 0.2) is 0 Å². The van der Waals surface area contributed by atoms with Crippen molar-refractivity contribution >= 4 is 23.2 Å². The quantitative estimate of drug-likeness (QED) is 0.918. The summed E-state index contributed by atoms with van der Waals surface area (Å²) < 4.78 is 0. The SMILES string of the molecule is Cc1csc(CN2C(=O)C(C3CC3)NC(=O)CC2C)n1. The summed E-state index contributed by atoms with van der Waals surface area (Å²) in [7, 11) is 0. The molecule has 1 aliphatic carbocycles. The second-order valence-corrected chi connectivity index (χ2v) is 6.73. The normalized spacial score (nSPS) is 27.4. The number of carbonyl (C=O) groups is 2. The van der Waals surface area contributed by atoms with Crippen molar-refractivity contribution in [2.24, 2.45) is 5.92 Å². The molecule has 108 valence electrons. The van der Waals surface area contributed by atoms with Gasteiger partial charge in [0.2, 0.25) is 11.8 Å². The van der Waals surface area contributed by atoms with E-state index in [-0.39, 0.29) is 23.9 Å². The van der Waals surface area contributed by atoms with Crippen molar-refractivity contribution in [3.63, 3.8) is 0 Å². The number of amides is 2. The summed E-state index contributed by atoms with van der Waals surface area (Å²) >= 11 is 1.57. The monoisotopic (exact) mass is 293 g/mol. The van der Waals surface area contributed by atoms with E-state index >= 15 is 0 Å². The Morgan fingerprint density at radius 3 is 2.80 bits per heavy atom. The number of nitrogens with zero attached hydrogens (tertiary/aromatic N) is 2. The number of hydrogen-bond acceptors (Lipinski definition) is 4. The molecule has 0 radical (unpaired) electrons. The average Bonchev–Trinajstić information content (AvgIpc) is 3.15. The average molecular weight is 293 g/mol. The van der Waals surface area contributed by atoms with E-state index in [9.17, 15) is 9.59 Å². The van der Waals surface area contributed by atoms with Crippen LogP contribution in [0.3, 0.4) is 0 Å². The standard InChI is InChI=1S/C14H19N3O2S/c1-8-7-20-12(15-8)6-17-9(2)5-11(18)16-13(14(17)19)10-3-4-10/h7,9-10,13H,3-6H2,1-2H3,(H,16,18). The van der Waals surface area contributed by atoms with Gasteiger partial charge >= 0.3 is 0 Å². The third-order valence-corrected chi connectivity index (χ3v) is 4.90. The fourth-order valence-corrected chi connectivity index (χ4v) is 3.44.